The molecular weight excluding hydrogens is 190 g/mol. The van der Waals surface area contributed by atoms with E-state index < -0.39 is 0 Å². The maximum atomic E-state index is 11.8. The lowest BCUT2D eigenvalue weighted by Gasteiger charge is -2.25. The van der Waals surface area contributed by atoms with Crippen LogP contribution in [0.1, 0.15) is 49.7 Å². The van der Waals surface area contributed by atoms with Crippen LogP contribution in [0.5, 0.6) is 0 Å². The predicted molar refractivity (Wildman–Crippen MR) is 59.8 cm³/mol. The van der Waals surface area contributed by atoms with E-state index >= 15 is 0 Å². The molecule has 0 saturated heterocycles. The van der Waals surface area contributed by atoms with E-state index in [1.807, 2.05) is 20.8 Å². The summed E-state index contributed by atoms with van der Waals surface area (Å²) >= 11 is 0. The summed E-state index contributed by atoms with van der Waals surface area (Å²) in [6.07, 6.45) is 3.58. The van der Waals surface area contributed by atoms with E-state index in [4.69, 9.17) is 0 Å². The van der Waals surface area contributed by atoms with Crippen molar-refractivity contribution < 1.29 is 4.79 Å². The van der Waals surface area contributed by atoms with Crippen molar-refractivity contribution in [3.8, 4) is 0 Å². The first-order valence-electron chi connectivity index (χ1n) is 5.29. The lowest BCUT2D eigenvalue weighted by molar-refractivity contribution is 0.0908. The molecule has 0 radical (unpaired) electrons. The van der Waals surface area contributed by atoms with E-state index in [0.717, 1.165) is 18.5 Å². The third kappa shape index (κ3) is 3.08. The summed E-state index contributed by atoms with van der Waals surface area (Å²) in [5, 5.41) is 9.59. The lowest BCUT2D eigenvalue weighted by atomic mass is 9.98. The molecule has 1 aromatic rings. The van der Waals surface area contributed by atoms with Crippen molar-refractivity contribution in [2.45, 2.75) is 46.1 Å². The molecule has 0 saturated carbocycles. The Labute approximate surface area is 90.5 Å². The van der Waals surface area contributed by atoms with Gasteiger partial charge in [-0.15, -0.1) is 0 Å². The number of hydrogen-bond donors (Lipinski definition) is 2. The number of carbonyl (C=O) groups is 1. The summed E-state index contributed by atoms with van der Waals surface area (Å²) < 4.78 is 0. The van der Waals surface area contributed by atoms with E-state index in [1.54, 1.807) is 6.20 Å². The second-order valence-corrected chi connectivity index (χ2v) is 4.50. The lowest BCUT2D eigenvalue weighted by Crippen LogP contribution is -2.43. The first-order chi connectivity index (χ1) is 6.96. The minimum absolute atomic E-state index is 0.0558. The number of rotatable bonds is 4. The molecule has 0 aliphatic carbocycles. The molecule has 0 spiro atoms. The average Bonchev–Trinajstić information content (AvgIpc) is 2.50. The molecule has 0 fully saturated rings. The van der Waals surface area contributed by atoms with Gasteiger partial charge in [0.25, 0.3) is 5.91 Å². The molecule has 1 rings (SSSR count). The van der Waals surface area contributed by atoms with Gasteiger partial charge in [-0.3, -0.25) is 9.89 Å². The highest BCUT2D eigenvalue weighted by molar-refractivity contribution is 5.95. The maximum absolute atomic E-state index is 11.8. The fraction of sp³-hybridized carbons (Fsp3) is 0.636. The van der Waals surface area contributed by atoms with Gasteiger partial charge in [0.05, 0.1) is 11.8 Å². The van der Waals surface area contributed by atoms with Gasteiger partial charge in [0.1, 0.15) is 0 Å². The number of amides is 1. The topological polar surface area (TPSA) is 57.8 Å². The van der Waals surface area contributed by atoms with Crippen molar-refractivity contribution in [1.82, 2.24) is 15.5 Å². The zero-order valence-electron chi connectivity index (χ0n) is 9.85. The molecule has 2 N–H and O–H groups in total. The third-order valence-electron chi connectivity index (χ3n) is 2.40. The Hall–Kier alpha value is -1.32. The van der Waals surface area contributed by atoms with Crippen LogP contribution < -0.4 is 5.32 Å². The monoisotopic (exact) mass is 209 g/mol. The van der Waals surface area contributed by atoms with Gasteiger partial charge in [-0.1, -0.05) is 13.3 Å². The SMILES string of the molecule is CCCC(C)(C)NC(=O)c1cn[nH]c1C. The predicted octanol–water partition coefficient (Wildman–Crippen LogP) is 2.03. The highest BCUT2D eigenvalue weighted by Crippen LogP contribution is 2.12. The molecule has 4 heteroatoms. The molecule has 0 atom stereocenters. The van der Waals surface area contributed by atoms with Crippen molar-refractivity contribution in [2.75, 3.05) is 0 Å². The van der Waals surface area contributed by atoms with Gasteiger partial charge >= 0.3 is 0 Å². The molecular formula is C11H19N3O. The molecule has 1 heterocycles. The molecule has 1 amide bonds. The Kier molecular flexibility index (Phi) is 3.50. The molecule has 1 aromatic heterocycles. The van der Waals surface area contributed by atoms with Gasteiger partial charge in [0.2, 0.25) is 0 Å². The quantitative estimate of drug-likeness (QED) is 0.797. The number of H-pyrrole nitrogens is 1. The molecule has 15 heavy (non-hydrogen) atoms. The van der Waals surface area contributed by atoms with Gasteiger partial charge in [-0.25, -0.2) is 0 Å². The number of aryl methyl sites for hydroxylation is 1. The zero-order chi connectivity index (χ0) is 11.5. The molecule has 0 aromatic carbocycles. The van der Waals surface area contributed by atoms with Gasteiger partial charge in [0, 0.05) is 11.2 Å². The Bertz CT molecular complexity index is 341. The van der Waals surface area contributed by atoms with Gasteiger partial charge in [0.15, 0.2) is 0 Å². The largest absolute Gasteiger partial charge is 0.347 e. The van der Waals surface area contributed by atoms with E-state index in [2.05, 4.69) is 22.4 Å². The second-order valence-electron chi connectivity index (χ2n) is 4.50. The molecule has 0 aliphatic heterocycles. The number of carbonyl (C=O) groups excluding carboxylic acids is 1. The first kappa shape index (κ1) is 11.8. The van der Waals surface area contributed by atoms with Crippen LogP contribution in [0.2, 0.25) is 0 Å². The summed E-state index contributed by atoms with van der Waals surface area (Å²) in [5.41, 5.74) is 1.27. The normalized spacial score (nSPS) is 11.5. The number of hydrogen-bond acceptors (Lipinski definition) is 2. The van der Waals surface area contributed by atoms with E-state index in [9.17, 15) is 4.79 Å². The minimum Gasteiger partial charge on any atom is -0.347 e. The summed E-state index contributed by atoms with van der Waals surface area (Å²) in [6.45, 7) is 8.01. The van der Waals surface area contributed by atoms with E-state index in [-0.39, 0.29) is 11.4 Å². The number of nitrogens with one attached hydrogen (secondary N) is 2. The summed E-state index contributed by atoms with van der Waals surface area (Å²) in [5.74, 6) is -0.0558. The molecule has 4 nitrogen and oxygen atoms in total. The Morgan fingerprint density at radius 2 is 2.27 bits per heavy atom. The van der Waals surface area contributed by atoms with Crippen LogP contribution in [0.25, 0.3) is 0 Å². The Morgan fingerprint density at radius 1 is 1.60 bits per heavy atom. The van der Waals surface area contributed by atoms with Crippen LogP contribution in [0.15, 0.2) is 6.20 Å². The maximum Gasteiger partial charge on any atom is 0.255 e. The van der Waals surface area contributed by atoms with Crippen LogP contribution in [-0.2, 0) is 0 Å². The smallest absolute Gasteiger partial charge is 0.255 e. The van der Waals surface area contributed by atoms with Crippen molar-refractivity contribution in [1.29, 1.82) is 0 Å². The number of aromatic amines is 1. The van der Waals surface area contributed by atoms with Crippen LogP contribution in [0, 0.1) is 6.92 Å². The van der Waals surface area contributed by atoms with Crippen LogP contribution >= 0.6 is 0 Å². The fourth-order valence-electron chi connectivity index (χ4n) is 1.64. The Balaban J connectivity index is 2.68. The molecule has 0 aliphatic rings. The summed E-state index contributed by atoms with van der Waals surface area (Å²) in [4.78, 5) is 11.8. The Morgan fingerprint density at radius 3 is 2.73 bits per heavy atom. The zero-order valence-corrected chi connectivity index (χ0v) is 9.85. The van der Waals surface area contributed by atoms with Gasteiger partial charge < -0.3 is 5.32 Å². The first-order valence-corrected chi connectivity index (χ1v) is 5.29. The summed E-state index contributed by atoms with van der Waals surface area (Å²) in [6, 6.07) is 0. The highest BCUT2D eigenvalue weighted by Gasteiger charge is 2.21. The van der Waals surface area contributed by atoms with Crippen molar-refractivity contribution >= 4 is 5.91 Å². The number of nitrogens with zero attached hydrogens (tertiary/aromatic N) is 1. The fourth-order valence-corrected chi connectivity index (χ4v) is 1.64. The van der Waals surface area contributed by atoms with Crippen LogP contribution in [0.4, 0.5) is 0 Å². The van der Waals surface area contributed by atoms with Crippen molar-refractivity contribution in [3.63, 3.8) is 0 Å². The highest BCUT2D eigenvalue weighted by atomic mass is 16.1. The van der Waals surface area contributed by atoms with Gasteiger partial charge in [-0.2, -0.15) is 5.10 Å². The van der Waals surface area contributed by atoms with Crippen LogP contribution in [0.3, 0.4) is 0 Å². The van der Waals surface area contributed by atoms with Crippen LogP contribution in [-0.4, -0.2) is 21.6 Å². The van der Waals surface area contributed by atoms with Crippen molar-refractivity contribution in [2.24, 2.45) is 0 Å². The third-order valence-corrected chi connectivity index (χ3v) is 2.40. The molecule has 0 bridgehead atoms. The molecule has 0 unspecified atom stereocenters. The van der Waals surface area contributed by atoms with E-state index in [0.29, 0.717) is 5.56 Å². The second kappa shape index (κ2) is 4.47. The number of aromatic nitrogens is 2. The average molecular weight is 209 g/mol. The standard InChI is InChI=1S/C11H19N3O/c1-5-6-11(3,4)13-10(15)9-7-12-14-8(9)2/h7H,5-6H2,1-4H3,(H,12,14)(H,13,15). The minimum atomic E-state index is -0.157. The van der Waals surface area contributed by atoms with Gasteiger partial charge in [-0.05, 0) is 27.2 Å². The van der Waals surface area contributed by atoms with Crippen molar-refractivity contribution in [3.05, 3.63) is 17.5 Å². The van der Waals surface area contributed by atoms with E-state index in [1.165, 1.54) is 0 Å². The summed E-state index contributed by atoms with van der Waals surface area (Å²) in [7, 11) is 0. The molecule has 84 valence electrons.